The number of carbonyl (C=O) groups is 1. The molecule has 0 N–H and O–H groups in total. The van der Waals surface area contributed by atoms with E-state index in [0.717, 1.165) is 0 Å². The summed E-state index contributed by atoms with van der Waals surface area (Å²) in [6.45, 7) is 1.50. The highest BCUT2D eigenvalue weighted by atomic mass is 35.5. The topological polar surface area (TPSA) is 46.3 Å². The summed E-state index contributed by atoms with van der Waals surface area (Å²) in [5.74, 6) is -4.55. The van der Waals surface area contributed by atoms with Crippen molar-refractivity contribution in [2.75, 3.05) is 11.9 Å². The van der Waals surface area contributed by atoms with Gasteiger partial charge in [-0.1, -0.05) is 35.9 Å². The van der Waals surface area contributed by atoms with Crippen LogP contribution >= 0.6 is 11.6 Å². The third kappa shape index (κ3) is 2.32. The Bertz CT molecular complexity index is 1000. The normalized spacial score (nSPS) is 20.0. The van der Waals surface area contributed by atoms with Gasteiger partial charge in [0.05, 0.1) is 16.1 Å². The van der Waals surface area contributed by atoms with Gasteiger partial charge in [0.2, 0.25) is 5.91 Å². The molecule has 1 atom stereocenters. The maximum atomic E-state index is 15.0. The van der Waals surface area contributed by atoms with Crippen molar-refractivity contribution >= 4 is 34.3 Å². The number of hydrogen-bond donors (Lipinski definition) is 0. The van der Waals surface area contributed by atoms with E-state index in [1.807, 2.05) is 0 Å². The second-order valence-electron chi connectivity index (χ2n) is 6.70. The fraction of sp³-hybridized carbons (Fsp3) is 0.263. The van der Waals surface area contributed by atoms with Crippen LogP contribution in [0.1, 0.15) is 24.8 Å². The van der Waals surface area contributed by atoms with Crippen molar-refractivity contribution in [2.24, 2.45) is 0 Å². The second kappa shape index (κ2) is 5.51. The summed E-state index contributed by atoms with van der Waals surface area (Å²) in [7, 11) is 1.54. The lowest BCUT2D eigenvalue weighted by Crippen LogP contribution is -2.40. The van der Waals surface area contributed by atoms with Crippen LogP contribution in [0.4, 0.5) is 14.5 Å². The lowest BCUT2D eigenvalue weighted by atomic mass is 9.78. The highest BCUT2D eigenvalue weighted by Gasteiger charge is 2.54. The first-order valence-electron chi connectivity index (χ1n) is 8.05. The molecule has 2 aromatic carbocycles. The summed E-state index contributed by atoms with van der Waals surface area (Å²) in [4.78, 5) is 18.0. The predicted octanol–water partition coefficient (Wildman–Crippen LogP) is 4.90. The standard InChI is InChI=1S/C19H15ClF2N2O2/c1-18(11-6-5-7-12(20)15(11)24(2)17(18)25)10-19(21,22)16-23-13-8-3-4-9-14(13)26-16/h3-9H,10H2,1-2H3. The molecule has 134 valence electrons. The smallest absolute Gasteiger partial charge is 0.323 e. The Hall–Kier alpha value is -2.47. The fourth-order valence-electron chi connectivity index (χ4n) is 3.61. The third-order valence-corrected chi connectivity index (χ3v) is 5.18. The Kier molecular flexibility index (Phi) is 3.60. The quantitative estimate of drug-likeness (QED) is 0.653. The van der Waals surface area contributed by atoms with Crippen molar-refractivity contribution in [3.05, 3.63) is 58.9 Å². The van der Waals surface area contributed by atoms with Crippen molar-refractivity contribution in [3.8, 4) is 0 Å². The highest BCUT2D eigenvalue weighted by molar-refractivity contribution is 6.35. The molecule has 1 amide bonds. The van der Waals surface area contributed by atoms with Crippen LogP contribution in [0.3, 0.4) is 0 Å². The molecular weight excluding hydrogens is 362 g/mol. The molecule has 1 aromatic heterocycles. The highest BCUT2D eigenvalue weighted by Crippen LogP contribution is 2.51. The van der Waals surface area contributed by atoms with Crippen LogP contribution < -0.4 is 4.90 Å². The number of amides is 1. The number of rotatable bonds is 3. The first-order valence-corrected chi connectivity index (χ1v) is 8.43. The van der Waals surface area contributed by atoms with Gasteiger partial charge in [0.15, 0.2) is 5.58 Å². The summed E-state index contributed by atoms with van der Waals surface area (Å²) in [5.41, 5.74) is 0.152. The molecule has 7 heteroatoms. The van der Waals surface area contributed by atoms with E-state index in [2.05, 4.69) is 4.98 Å². The molecule has 0 saturated heterocycles. The molecule has 2 heterocycles. The Morgan fingerprint density at radius 3 is 2.69 bits per heavy atom. The summed E-state index contributed by atoms with van der Waals surface area (Å²) in [6.07, 6.45) is -0.761. The van der Waals surface area contributed by atoms with E-state index in [-0.39, 0.29) is 5.58 Å². The minimum absolute atomic E-state index is 0.283. The van der Waals surface area contributed by atoms with Gasteiger partial charge in [0.25, 0.3) is 5.89 Å². The Morgan fingerprint density at radius 2 is 1.96 bits per heavy atom. The number of carbonyl (C=O) groups excluding carboxylic acids is 1. The van der Waals surface area contributed by atoms with Crippen LogP contribution in [-0.2, 0) is 16.1 Å². The number of halogens is 3. The zero-order valence-electron chi connectivity index (χ0n) is 14.1. The van der Waals surface area contributed by atoms with Gasteiger partial charge in [-0.05, 0) is 30.7 Å². The minimum Gasteiger partial charge on any atom is -0.435 e. The molecule has 4 nitrogen and oxygen atoms in total. The first-order chi connectivity index (χ1) is 12.2. The van der Waals surface area contributed by atoms with Gasteiger partial charge in [0, 0.05) is 13.5 Å². The number of benzene rings is 2. The number of fused-ring (bicyclic) bond motifs is 2. The van der Waals surface area contributed by atoms with Crippen molar-refractivity contribution < 1.29 is 18.0 Å². The fourth-order valence-corrected chi connectivity index (χ4v) is 3.91. The average Bonchev–Trinajstić information content (AvgIpc) is 3.11. The number of aromatic nitrogens is 1. The van der Waals surface area contributed by atoms with Crippen LogP contribution in [0.2, 0.25) is 5.02 Å². The maximum Gasteiger partial charge on any atom is 0.323 e. The number of alkyl halides is 2. The van der Waals surface area contributed by atoms with E-state index in [0.29, 0.717) is 21.8 Å². The molecule has 0 spiro atoms. The lowest BCUT2D eigenvalue weighted by Gasteiger charge is -2.26. The molecular formula is C19H15ClF2N2O2. The van der Waals surface area contributed by atoms with Crippen molar-refractivity contribution in [1.29, 1.82) is 0 Å². The largest absolute Gasteiger partial charge is 0.435 e. The van der Waals surface area contributed by atoms with E-state index >= 15 is 8.78 Å². The number of hydrogen-bond acceptors (Lipinski definition) is 3. The molecule has 0 aliphatic carbocycles. The van der Waals surface area contributed by atoms with Gasteiger partial charge in [-0.2, -0.15) is 8.78 Å². The SMILES string of the molecule is CN1C(=O)C(C)(CC(F)(F)c2nc3ccccc3o2)c2cccc(Cl)c21. The van der Waals surface area contributed by atoms with Crippen molar-refractivity contribution in [2.45, 2.75) is 24.7 Å². The number of para-hydroxylation sites is 3. The molecule has 0 fully saturated rings. The monoisotopic (exact) mass is 376 g/mol. The number of likely N-dealkylation sites (N-methyl/N-ethyl adjacent to an activating group) is 1. The molecule has 0 saturated carbocycles. The number of oxazole rings is 1. The molecule has 4 rings (SSSR count). The molecule has 1 aliphatic rings. The summed E-state index contributed by atoms with van der Waals surface area (Å²) in [5, 5.41) is 0.354. The van der Waals surface area contributed by atoms with Crippen molar-refractivity contribution in [3.63, 3.8) is 0 Å². The van der Waals surface area contributed by atoms with Crippen LogP contribution in [0.15, 0.2) is 46.9 Å². The Balaban J connectivity index is 1.78. The maximum absolute atomic E-state index is 15.0. The van der Waals surface area contributed by atoms with Gasteiger partial charge >= 0.3 is 5.92 Å². The van der Waals surface area contributed by atoms with Gasteiger partial charge in [-0.3, -0.25) is 4.79 Å². The van der Waals surface area contributed by atoms with E-state index < -0.39 is 29.6 Å². The Morgan fingerprint density at radius 1 is 1.23 bits per heavy atom. The van der Waals surface area contributed by atoms with Crippen LogP contribution in [-0.4, -0.2) is 17.9 Å². The number of anilines is 1. The lowest BCUT2D eigenvalue weighted by molar-refractivity contribution is -0.128. The van der Waals surface area contributed by atoms with E-state index in [9.17, 15) is 4.79 Å². The zero-order valence-corrected chi connectivity index (χ0v) is 14.8. The molecule has 26 heavy (non-hydrogen) atoms. The van der Waals surface area contributed by atoms with E-state index in [4.69, 9.17) is 16.0 Å². The zero-order chi connectivity index (χ0) is 18.7. The van der Waals surface area contributed by atoms with Crippen LogP contribution in [0, 0.1) is 0 Å². The van der Waals surface area contributed by atoms with Gasteiger partial charge in [0.1, 0.15) is 5.52 Å². The molecule has 1 aliphatic heterocycles. The average molecular weight is 377 g/mol. The van der Waals surface area contributed by atoms with Gasteiger partial charge in [-0.15, -0.1) is 0 Å². The van der Waals surface area contributed by atoms with E-state index in [1.165, 1.54) is 18.9 Å². The molecule has 1 unspecified atom stereocenters. The van der Waals surface area contributed by atoms with Gasteiger partial charge < -0.3 is 9.32 Å². The first kappa shape index (κ1) is 17.0. The van der Waals surface area contributed by atoms with Crippen LogP contribution in [0.5, 0.6) is 0 Å². The predicted molar refractivity (Wildman–Crippen MR) is 94.7 cm³/mol. The second-order valence-corrected chi connectivity index (χ2v) is 7.11. The number of nitrogens with zero attached hydrogens (tertiary/aromatic N) is 2. The Labute approximate surface area is 153 Å². The summed E-state index contributed by atoms with van der Waals surface area (Å²) < 4.78 is 35.3. The molecule has 3 aromatic rings. The van der Waals surface area contributed by atoms with Crippen molar-refractivity contribution in [1.82, 2.24) is 4.98 Å². The molecule has 0 radical (unpaired) electrons. The van der Waals surface area contributed by atoms with Crippen LogP contribution in [0.25, 0.3) is 11.1 Å². The summed E-state index contributed by atoms with van der Waals surface area (Å²) >= 11 is 6.19. The summed E-state index contributed by atoms with van der Waals surface area (Å²) in [6, 6.07) is 11.5. The minimum atomic E-state index is -3.42. The van der Waals surface area contributed by atoms with Gasteiger partial charge in [-0.25, -0.2) is 4.98 Å². The van der Waals surface area contributed by atoms with E-state index in [1.54, 1.807) is 42.5 Å². The molecule has 0 bridgehead atoms. The third-order valence-electron chi connectivity index (χ3n) is 4.88.